The van der Waals surface area contributed by atoms with Gasteiger partial charge in [0.05, 0.1) is 0 Å². The first kappa shape index (κ1) is 16.7. The van der Waals surface area contributed by atoms with Crippen LogP contribution < -0.4 is 5.32 Å². The lowest BCUT2D eigenvalue weighted by molar-refractivity contribution is -0.120. The van der Waals surface area contributed by atoms with Crippen molar-refractivity contribution in [2.24, 2.45) is 0 Å². The predicted molar refractivity (Wildman–Crippen MR) is 88.3 cm³/mol. The lowest BCUT2D eigenvalue weighted by Crippen LogP contribution is -2.45. The Morgan fingerprint density at radius 1 is 1.27 bits per heavy atom. The molecule has 1 fully saturated rings. The number of thiol groups is 1. The molecule has 2 rings (SSSR count). The summed E-state index contributed by atoms with van der Waals surface area (Å²) in [4.78, 5) is 26.9. The number of carbonyl (C=O) groups is 2. The molecule has 0 spiro atoms. The molecule has 0 bridgehead atoms. The van der Waals surface area contributed by atoms with Crippen molar-refractivity contribution in [3.63, 3.8) is 0 Å². The molecular weight excluding hydrogens is 300 g/mol. The lowest BCUT2D eigenvalue weighted by Gasteiger charge is -2.28. The molecule has 1 aromatic rings. The molecular formula is C16H22N2O3S. The maximum absolute atomic E-state index is 12.4. The highest BCUT2D eigenvalue weighted by Gasteiger charge is 2.36. The van der Waals surface area contributed by atoms with Gasteiger partial charge in [-0.2, -0.15) is 0 Å². The molecule has 0 saturated carbocycles. The normalized spacial score (nSPS) is 18.2. The molecule has 5 nitrogen and oxygen atoms in total. The first-order valence-corrected chi connectivity index (χ1v) is 7.80. The Kier molecular flexibility index (Phi) is 5.01. The zero-order valence-corrected chi connectivity index (χ0v) is 14.0. The summed E-state index contributed by atoms with van der Waals surface area (Å²) in [5.41, 5.74) is 0.127. The second-order valence-electron chi connectivity index (χ2n) is 6.37. The topological polar surface area (TPSA) is 58.6 Å². The van der Waals surface area contributed by atoms with Crippen molar-refractivity contribution in [1.82, 2.24) is 4.90 Å². The van der Waals surface area contributed by atoms with Crippen molar-refractivity contribution in [3.05, 3.63) is 24.3 Å². The molecule has 1 heterocycles. The number of nitrogens with zero attached hydrogens (tertiary/aromatic N) is 1. The summed E-state index contributed by atoms with van der Waals surface area (Å²) in [5, 5.41) is 2.84. The van der Waals surface area contributed by atoms with Gasteiger partial charge in [-0.1, -0.05) is 0 Å². The van der Waals surface area contributed by atoms with Crippen LogP contribution in [0.3, 0.4) is 0 Å². The molecule has 2 amide bonds. The number of benzene rings is 1. The average Bonchev–Trinajstić information content (AvgIpc) is 2.89. The number of rotatable bonds is 2. The summed E-state index contributed by atoms with van der Waals surface area (Å²) < 4.78 is 5.36. The minimum Gasteiger partial charge on any atom is -0.444 e. The first-order chi connectivity index (χ1) is 10.3. The summed E-state index contributed by atoms with van der Waals surface area (Å²) in [6, 6.07) is 6.70. The van der Waals surface area contributed by atoms with Gasteiger partial charge in [-0.05, 0) is 57.9 Å². The predicted octanol–water partition coefficient (Wildman–Crippen LogP) is 3.31. The fraction of sp³-hybridized carbons (Fsp3) is 0.500. The molecule has 0 aliphatic carbocycles. The van der Waals surface area contributed by atoms with Crippen LogP contribution in [0, 0.1) is 0 Å². The van der Waals surface area contributed by atoms with Crippen LogP contribution in [0.4, 0.5) is 10.5 Å². The molecule has 1 N–H and O–H groups in total. The number of ether oxygens (including phenoxy) is 1. The van der Waals surface area contributed by atoms with Crippen LogP contribution in [-0.4, -0.2) is 35.1 Å². The molecule has 6 heteroatoms. The highest BCUT2D eigenvalue weighted by Crippen LogP contribution is 2.22. The summed E-state index contributed by atoms with van der Waals surface area (Å²) in [6.45, 7) is 5.99. The van der Waals surface area contributed by atoms with Gasteiger partial charge < -0.3 is 10.1 Å². The zero-order chi connectivity index (χ0) is 16.3. The van der Waals surface area contributed by atoms with Gasteiger partial charge >= 0.3 is 6.09 Å². The Morgan fingerprint density at radius 3 is 2.50 bits per heavy atom. The van der Waals surface area contributed by atoms with E-state index < -0.39 is 17.7 Å². The van der Waals surface area contributed by atoms with Crippen LogP contribution in [0.5, 0.6) is 0 Å². The monoisotopic (exact) mass is 322 g/mol. The number of carbonyl (C=O) groups excluding carboxylic acids is 2. The number of hydrogen-bond acceptors (Lipinski definition) is 4. The SMILES string of the molecule is CC(C)(C)OC(=O)N1CCCC1C(=O)Nc1ccc(S)cc1. The lowest BCUT2D eigenvalue weighted by atomic mass is 10.2. The van der Waals surface area contributed by atoms with Gasteiger partial charge in [0.25, 0.3) is 0 Å². The molecule has 1 saturated heterocycles. The van der Waals surface area contributed by atoms with Crippen LogP contribution in [0.2, 0.25) is 0 Å². The molecule has 1 aliphatic heterocycles. The van der Waals surface area contributed by atoms with E-state index in [1.54, 1.807) is 24.3 Å². The van der Waals surface area contributed by atoms with Gasteiger partial charge in [-0.25, -0.2) is 4.79 Å². The minimum atomic E-state index is -0.566. The minimum absolute atomic E-state index is 0.185. The summed E-state index contributed by atoms with van der Waals surface area (Å²) in [5.74, 6) is -0.185. The van der Waals surface area contributed by atoms with Crippen molar-refractivity contribution in [2.45, 2.75) is 50.2 Å². The third kappa shape index (κ3) is 4.40. The van der Waals surface area contributed by atoms with E-state index >= 15 is 0 Å². The third-order valence-corrected chi connectivity index (χ3v) is 3.62. The second kappa shape index (κ2) is 6.60. The number of hydrogen-bond donors (Lipinski definition) is 2. The smallest absolute Gasteiger partial charge is 0.410 e. The summed E-state index contributed by atoms with van der Waals surface area (Å²) in [6.07, 6.45) is 1.01. The van der Waals surface area contributed by atoms with Gasteiger partial charge in [-0.15, -0.1) is 12.6 Å². The van der Waals surface area contributed by atoms with Gasteiger partial charge in [0, 0.05) is 17.1 Å². The highest BCUT2D eigenvalue weighted by atomic mass is 32.1. The molecule has 0 aromatic heterocycles. The van der Waals surface area contributed by atoms with Crippen LogP contribution in [0.15, 0.2) is 29.2 Å². The van der Waals surface area contributed by atoms with Crippen molar-refractivity contribution in [2.75, 3.05) is 11.9 Å². The highest BCUT2D eigenvalue weighted by molar-refractivity contribution is 7.80. The van der Waals surface area contributed by atoms with E-state index in [1.165, 1.54) is 4.90 Å². The fourth-order valence-corrected chi connectivity index (χ4v) is 2.50. The van der Waals surface area contributed by atoms with E-state index in [0.29, 0.717) is 18.7 Å². The van der Waals surface area contributed by atoms with Crippen LogP contribution in [-0.2, 0) is 9.53 Å². The maximum atomic E-state index is 12.4. The molecule has 120 valence electrons. The van der Waals surface area contributed by atoms with Gasteiger partial charge in [0.15, 0.2) is 0 Å². The van der Waals surface area contributed by atoms with E-state index in [9.17, 15) is 9.59 Å². The largest absolute Gasteiger partial charge is 0.444 e. The van der Waals surface area contributed by atoms with E-state index in [1.807, 2.05) is 20.8 Å². The molecule has 1 aliphatic rings. The summed E-state index contributed by atoms with van der Waals surface area (Å²) >= 11 is 4.21. The van der Waals surface area contributed by atoms with Crippen LogP contribution in [0.25, 0.3) is 0 Å². The molecule has 1 atom stereocenters. The Labute approximate surface area is 136 Å². The summed E-state index contributed by atoms with van der Waals surface area (Å²) in [7, 11) is 0. The van der Waals surface area contributed by atoms with Gasteiger partial charge in [0.1, 0.15) is 11.6 Å². The van der Waals surface area contributed by atoms with E-state index in [2.05, 4.69) is 17.9 Å². The zero-order valence-electron chi connectivity index (χ0n) is 13.1. The van der Waals surface area contributed by atoms with Gasteiger partial charge in [0.2, 0.25) is 5.91 Å². The van der Waals surface area contributed by atoms with Gasteiger partial charge in [-0.3, -0.25) is 9.69 Å². The Hall–Kier alpha value is -1.69. The van der Waals surface area contributed by atoms with Crippen molar-refractivity contribution >= 4 is 30.3 Å². The fourth-order valence-electron chi connectivity index (χ4n) is 2.35. The first-order valence-electron chi connectivity index (χ1n) is 7.36. The number of amides is 2. The number of nitrogens with one attached hydrogen (secondary N) is 1. The van der Waals surface area contributed by atoms with Crippen LogP contribution in [0.1, 0.15) is 33.6 Å². The number of likely N-dealkylation sites (tertiary alicyclic amines) is 1. The van der Waals surface area contributed by atoms with Crippen molar-refractivity contribution < 1.29 is 14.3 Å². The Morgan fingerprint density at radius 2 is 1.91 bits per heavy atom. The number of anilines is 1. The molecule has 1 aromatic carbocycles. The maximum Gasteiger partial charge on any atom is 0.410 e. The van der Waals surface area contributed by atoms with Crippen molar-refractivity contribution in [3.8, 4) is 0 Å². The molecule has 0 radical (unpaired) electrons. The Bertz CT molecular complexity index is 552. The quantitative estimate of drug-likeness (QED) is 0.821. The standard InChI is InChI=1S/C16H22N2O3S/c1-16(2,3)21-15(20)18-10-4-5-13(18)14(19)17-11-6-8-12(22)9-7-11/h6-9,13,22H,4-5,10H2,1-3H3,(H,17,19). The average molecular weight is 322 g/mol. The van der Waals surface area contributed by atoms with E-state index in [4.69, 9.17) is 4.74 Å². The molecule has 22 heavy (non-hydrogen) atoms. The molecule has 1 unspecified atom stereocenters. The van der Waals surface area contributed by atoms with Crippen molar-refractivity contribution in [1.29, 1.82) is 0 Å². The van der Waals surface area contributed by atoms with Crippen LogP contribution >= 0.6 is 12.6 Å². The Balaban J connectivity index is 2.01. The third-order valence-electron chi connectivity index (χ3n) is 3.32. The second-order valence-corrected chi connectivity index (χ2v) is 6.88. The van der Waals surface area contributed by atoms with E-state index in [0.717, 1.165) is 11.3 Å². The van der Waals surface area contributed by atoms with E-state index in [-0.39, 0.29) is 5.91 Å².